The van der Waals surface area contributed by atoms with Gasteiger partial charge in [-0.3, -0.25) is 0 Å². The highest BCUT2D eigenvalue weighted by atomic mass is 79.9. The van der Waals surface area contributed by atoms with Gasteiger partial charge in [-0.15, -0.1) is 0 Å². The first-order chi connectivity index (χ1) is 9.88. The number of halogens is 5. The summed E-state index contributed by atoms with van der Waals surface area (Å²) in [6.07, 6.45) is 0. The first-order valence-corrected chi connectivity index (χ1v) is 8.53. The van der Waals surface area contributed by atoms with Gasteiger partial charge in [-0.25, -0.2) is 0 Å². The summed E-state index contributed by atoms with van der Waals surface area (Å²) in [5.74, 6) is 0.151. The molecule has 0 amide bonds. The van der Waals surface area contributed by atoms with Gasteiger partial charge >= 0.3 is 6.61 Å². The Morgan fingerprint density at radius 2 is 1.62 bits per heavy atom. The van der Waals surface area contributed by atoms with E-state index in [0.717, 1.165) is 25.6 Å². The molecule has 1 unspecified atom stereocenters. The molecule has 112 valence electrons. The Bertz CT molecular complexity index is 630. The summed E-state index contributed by atoms with van der Waals surface area (Å²) in [4.78, 5) is -0.0515. The average Bonchev–Trinajstić information content (AvgIpc) is 2.42. The van der Waals surface area contributed by atoms with Gasteiger partial charge in [0, 0.05) is 8.95 Å². The standard InChI is InChI=1S/C15H11Br3F2O/c1-8-6-13(17)11(7-12(8)16)14(18)9-2-4-10(5-3-9)21-15(19)20/h2-7,14-15H,1H3. The number of alkyl halides is 3. The molecule has 1 atom stereocenters. The third-order valence-electron chi connectivity index (χ3n) is 2.95. The fourth-order valence-electron chi connectivity index (χ4n) is 1.85. The van der Waals surface area contributed by atoms with Crippen molar-refractivity contribution in [3.63, 3.8) is 0 Å². The van der Waals surface area contributed by atoms with Gasteiger partial charge in [-0.05, 0) is 47.9 Å². The molecule has 0 N–H and O–H groups in total. The van der Waals surface area contributed by atoms with Crippen LogP contribution in [0, 0.1) is 6.92 Å². The molecule has 6 heteroatoms. The van der Waals surface area contributed by atoms with Crippen molar-refractivity contribution in [1.29, 1.82) is 0 Å². The van der Waals surface area contributed by atoms with Crippen molar-refractivity contribution in [2.75, 3.05) is 0 Å². The summed E-state index contributed by atoms with van der Waals surface area (Å²) in [6, 6.07) is 10.7. The molecule has 0 aliphatic rings. The molecule has 0 aliphatic heterocycles. The van der Waals surface area contributed by atoms with Gasteiger partial charge in [0.25, 0.3) is 0 Å². The quantitative estimate of drug-likeness (QED) is 0.444. The van der Waals surface area contributed by atoms with Gasteiger partial charge in [0.15, 0.2) is 0 Å². The van der Waals surface area contributed by atoms with Crippen molar-refractivity contribution >= 4 is 47.8 Å². The minimum absolute atomic E-state index is 0.0515. The number of aryl methyl sites for hydroxylation is 1. The molecule has 1 nitrogen and oxygen atoms in total. The van der Waals surface area contributed by atoms with Crippen molar-refractivity contribution in [3.05, 3.63) is 62.0 Å². The molecule has 0 saturated heterocycles. The molecule has 2 aromatic carbocycles. The van der Waals surface area contributed by atoms with E-state index in [1.54, 1.807) is 12.1 Å². The van der Waals surface area contributed by atoms with Crippen LogP contribution in [0.25, 0.3) is 0 Å². The Hall–Kier alpha value is -0.460. The second-order valence-electron chi connectivity index (χ2n) is 4.43. The van der Waals surface area contributed by atoms with Crippen LogP contribution >= 0.6 is 47.8 Å². The maximum absolute atomic E-state index is 12.1. The fourth-order valence-corrected chi connectivity index (χ4v) is 3.89. The molecular weight excluding hydrogens is 474 g/mol. The number of ether oxygens (including phenoxy) is 1. The summed E-state index contributed by atoms with van der Waals surface area (Å²) in [6.45, 7) is -0.795. The molecule has 2 rings (SSSR count). The lowest BCUT2D eigenvalue weighted by Gasteiger charge is -2.15. The van der Waals surface area contributed by atoms with Crippen molar-refractivity contribution in [2.24, 2.45) is 0 Å². The SMILES string of the molecule is Cc1cc(Br)c(C(Br)c2ccc(OC(F)F)cc2)cc1Br. The molecule has 0 spiro atoms. The Morgan fingerprint density at radius 3 is 2.19 bits per heavy atom. The normalized spacial score (nSPS) is 12.5. The van der Waals surface area contributed by atoms with Crippen molar-refractivity contribution in [2.45, 2.75) is 18.4 Å². The van der Waals surface area contributed by atoms with Gasteiger partial charge in [-0.2, -0.15) is 8.78 Å². The van der Waals surface area contributed by atoms with Crippen LogP contribution in [0.2, 0.25) is 0 Å². The zero-order chi connectivity index (χ0) is 15.6. The smallest absolute Gasteiger partial charge is 0.387 e. The number of hydrogen-bond donors (Lipinski definition) is 0. The summed E-state index contributed by atoms with van der Waals surface area (Å²) in [7, 11) is 0. The minimum Gasteiger partial charge on any atom is -0.435 e. The highest BCUT2D eigenvalue weighted by Gasteiger charge is 2.15. The molecular formula is C15H11Br3F2O. The third-order valence-corrected chi connectivity index (χ3v) is 5.51. The first-order valence-electron chi connectivity index (χ1n) is 6.03. The van der Waals surface area contributed by atoms with Crippen LogP contribution in [-0.2, 0) is 0 Å². The van der Waals surface area contributed by atoms with Crippen molar-refractivity contribution < 1.29 is 13.5 Å². The molecule has 21 heavy (non-hydrogen) atoms. The molecule has 0 bridgehead atoms. The van der Waals surface area contributed by atoms with Gasteiger partial charge in [0.2, 0.25) is 0 Å². The van der Waals surface area contributed by atoms with Crippen LogP contribution in [0.1, 0.15) is 21.5 Å². The fraction of sp³-hybridized carbons (Fsp3) is 0.200. The van der Waals surface area contributed by atoms with Crippen molar-refractivity contribution in [1.82, 2.24) is 0 Å². The molecule has 0 saturated carbocycles. The number of rotatable bonds is 4. The Labute approximate surface area is 147 Å². The van der Waals surface area contributed by atoms with E-state index in [4.69, 9.17) is 0 Å². The number of hydrogen-bond acceptors (Lipinski definition) is 1. The van der Waals surface area contributed by atoms with E-state index in [2.05, 4.69) is 52.5 Å². The lowest BCUT2D eigenvalue weighted by Crippen LogP contribution is -2.02. The second kappa shape index (κ2) is 7.20. The van der Waals surface area contributed by atoms with E-state index in [1.807, 2.05) is 19.1 Å². The maximum Gasteiger partial charge on any atom is 0.387 e. The van der Waals surface area contributed by atoms with E-state index in [9.17, 15) is 8.78 Å². The molecule has 0 heterocycles. The topological polar surface area (TPSA) is 9.23 Å². The van der Waals surface area contributed by atoms with E-state index < -0.39 is 6.61 Å². The predicted octanol–water partition coefficient (Wildman–Crippen LogP) is 6.61. The number of benzene rings is 2. The second-order valence-corrected chi connectivity index (χ2v) is 7.06. The largest absolute Gasteiger partial charge is 0.435 e. The molecule has 2 aromatic rings. The molecule has 0 aromatic heterocycles. The maximum atomic E-state index is 12.1. The summed E-state index contributed by atoms with van der Waals surface area (Å²) >= 11 is 10.7. The van der Waals surface area contributed by atoms with E-state index in [-0.39, 0.29) is 10.6 Å². The van der Waals surface area contributed by atoms with Gasteiger partial charge in [-0.1, -0.05) is 59.9 Å². The zero-order valence-electron chi connectivity index (χ0n) is 10.9. The lowest BCUT2D eigenvalue weighted by atomic mass is 10.0. The van der Waals surface area contributed by atoms with Crippen LogP contribution in [0.3, 0.4) is 0 Å². The Morgan fingerprint density at radius 1 is 1.00 bits per heavy atom. The van der Waals surface area contributed by atoms with Gasteiger partial charge < -0.3 is 4.74 Å². The van der Waals surface area contributed by atoms with Crippen LogP contribution in [0.15, 0.2) is 45.3 Å². The van der Waals surface area contributed by atoms with Crippen LogP contribution in [0.5, 0.6) is 5.75 Å². The van der Waals surface area contributed by atoms with E-state index in [0.29, 0.717) is 0 Å². The molecule has 0 aliphatic carbocycles. The first kappa shape index (κ1) is 16.9. The Balaban J connectivity index is 2.27. The lowest BCUT2D eigenvalue weighted by molar-refractivity contribution is -0.0498. The highest BCUT2D eigenvalue weighted by molar-refractivity contribution is 9.11. The van der Waals surface area contributed by atoms with Gasteiger partial charge in [0.05, 0.1) is 4.83 Å². The van der Waals surface area contributed by atoms with Crippen molar-refractivity contribution in [3.8, 4) is 5.75 Å². The minimum atomic E-state index is -2.81. The average molecular weight is 485 g/mol. The predicted molar refractivity (Wildman–Crippen MR) is 90.4 cm³/mol. The van der Waals surface area contributed by atoms with E-state index in [1.165, 1.54) is 12.1 Å². The summed E-state index contributed by atoms with van der Waals surface area (Å²) < 4.78 is 30.6. The highest BCUT2D eigenvalue weighted by Crippen LogP contribution is 2.38. The van der Waals surface area contributed by atoms with E-state index >= 15 is 0 Å². The summed E-state index contributed by atoms with van der Waals surface area (Å²) in [5, 5.41) is 0. The van der Waals surface area contributed by atoms with Crippen LogP contribution < -0.4 is 4.74 Å². The molecule has 0 fully saturated rings. The van der Waals surface area contributed by atoms with Crippen LogP contribution in [-0.4, -0.2) is 6.61 Å². The zero-order valence-corrected chi connectivity index (χ0v) is 15.7. The monoisotopic (exact) mass is 482 g/mol. The molecule has 0 radical (unpaired) electrons. The Kier molecular flexibility index (Phi) is 5.80. The van der Waals surface area contributed by atoms with Crippen LogP contribution in [0.4, 0.5) is 8.78 Å². The summed E-state index contributed by atoms with van der Waals surface area (Å²) in [5.41, 5.74) is 3.13. The third kappa shape index (κ3) is 4.27. The van der Waals surface area contributed by atoms with Gasteiger partial charge in [0.1, 0.15) is 5.75 Å².